The van der Waals surface area contributed by atoms with Crippen molar-refractivity contribution >= 4 is 17.3 Å². The highest BCUT2D eigenvalue weighted by Crippen LogP contribution is 2.22. The van der Waals surface area contributed by atoms with Crippen LogP contribution in [0, 0.1) is 20.2 Å². The molecule has 2 rings (SSSR count). The smallest absolute Gasteiger partial charge is 0.393 e. The molecule has 0 unspecified atom stereocenters. The van der Waals surface area contributed by atoms with E-state index in [0.717, 1.165) is 0 Å². The molecule has 10 nitrogen and oxygen atoms in total. The molecule has 0 bridgehead atoms. The Balaban J connectivity index is 2.21. The van der Waals surface area contributed by atoms with E-state index in [2.05, 4.69) is 10.1 Å². The second-order valence-electron chi connectivity index (χ2n) is 3.65. The third kappa shape index (κ3) is 2.62. The van der Waals surface area contributed by atoms with Gasteiger partial charge in [-0.2, -0.15) is 4.68 Å². The van der Waals surface area contributed by atoms with Crippen LogP contribution in [0.15, 0.2) is 24.5 Å². The number of nitro benzene ring substituents is 1. The second kappa shape index (κ2) is 4.68. The first-order valence-electron chi connectivity index (χ1n) is 5.04. The summed E-state index contributed by atoms with van der Waals surface area (Å²) in [6.07, 6.45) is 1.20. The zero-order valence-corrected chi connectivity index (χ0v) is 9.46. The zero-order chi connectivity index (χ0) is 14.0. The number of nitrogen functional groups attached to an aromatic ring is 1. The van der Waals surface area contributed by atoms with E-state index in [1.54, 1.807) is 0 Å². The lowest BCUT2D eigenvalue weighted by Crippen LogP contribution is -2.03. The van der Waals surface area contributed by atoms with Crippen molar-refractivity contribution in [3.05, 3.63) is 50.3 Å². The number of benzene rings is 1. The molecule has 0 aliphatic heterocycles. The van der Waals surface area contributed by atoms with Crippen molar-refractivity contribution in [1.29, 1.82) is 0 Å². The number of hydrogen-bond donors (Lipinski definition) is 1. The molecule has 0 atom stereocenters. The first-order valence-corrected chi connectivity index (χ1v) is 5.04. The van der Waals surface area contributed by atoms with Crippen LogP contribution in [0.1, 0.15) is 5.56 Å². The Morgan fingerprint density at radius 1 is 1.26 bits per heavy atom. The Kier molecular flexibility index (Phi) is 3.06. The van der Waals surface area contributed by atoms with Gasteiger partial charge >= 0.3 is 5.95 Å². The van der Waals surface area contributed by atoms with Gasteiger partial charge in [0.25, 0.3) is 5.69 Å². The van der Waals surface area contributed by atoms with E-state index in [0.29, 0.717) is 5.56 Å². The van der Waals surface area contributed by atoms with Crippen LogP contribution in [0.2, 0.25) is 0 Å². The summed E-state index contributed by atoms with van der Waals surface area (Å²) >= 11 is 0. The lowest BCUT2D eigenvalue weighted by Gasteiger charge is -2.01. The molecule has 0 fully saturated rings. The van der Waals surface area contributed by atoms with Crippen molar-refractivity contribution in [2.24, 2.45) is 0 Å². The van der Waals surface area contributed by atoms with E-state index in [-0.39, 0.29) is 17.9 Å². The van der Waals surface area contributed by atoms with Crippen molar-refractivity contribution in [1.82, 2.24) is 14.8 Å². The molecule has 98 valence electrons. The molecule has 0 spiro atoms. The highest BCUT2D eigenvalue weighted by molar-refractivity contribution is 5.59. The second-order valence-corrected chi connectivity index (χ2v) is 3.65. The fraction of sp³-hybridized carbons (Fsp3) is 0.111. The molecule has 0 saturated heterocycles. The predicted molar refractivity (Wildman–Crippen MR) is 63.3 cm³/mol. The summed E-state index contributed by atoms with van der Waals surface area (Å²) in [6, 6.07) is 4.20. The Bertz CT molecular complexity index is 652. The van der Waals surface area contributed by atoms with Gasteiger partial charge in [-0.05, 0) is 16.6 Å². The summed E-state index contributed by atoms with van der Waals surface area (Å²) in [5.41, 5.74) is 6.00. The lowest BCUT2D eigenvalue weighted by molar-refractivity contribution is -0.394. The predicted octanol–water partition coefficient (Wildman–Crippen LogP) is 0.725. The minimum atomic E-state index is -0.708. The van der Waals surface area contributed by atoms with E-state index in [1.165, 1.54) is 29.2 Å². The fourth-order valence-electron chi connectivity index (χ4n) is 1.50. The van der Waals surface area contributed by atoms with Crippen molar-refractivity contribution in [2.75, 3.05) is 5.73 Å². The Morgan fingerprint density at radius 2 is 2.00 bits per heavy atom. The molecule has 1 heterocycles. The van der Waals surface area contributed by atoms with E-state index < -0.39 is 15.8 Å². The maximum Gasteiger partial charge on any atom is 0.490 e. The average Bonchev–Trinajstić information content (AvgIpc) is 2.77. The number of rotatable bonds is 4. The SMILES string of the molecule is Nc1cc(Cn2cnc([N+](=O)[O-])n2)ccc1[N+](=O)[O-]. The highest BCUT2D eigenvalue weighted by Gasteiger charge is 2.15. The van der Waals surface area contributed by atoms with Crippen molar-refractivity contribution in [3.63, 3.8) is 0 Å². The van der Waals surface area contributed by atoms with Gasteiger partial charge in [0.1, 0.15) is 5.69 Å². The minimum Gasteiger partial charge on any atom is -0.393 e. The molecule has 10 heteroatoms. The van der Waals surface area contributed by atoms with Gasteiger partial charge < -0.3 is 15.8 Å². The molecule has 0 aliphatic rings. The Hall–Kier alpha value is -3.04. The lowest BCUT2D eigenvalue weighted by atomic mass is 10.2. The molecular weight excluding hydrogens is 256 g/mol. The van der Waals surface area contributed by atoms with Crippen LogP contribution >= 0.6 is 0 Å². The van der Waals surface area contributed by atoms with Crippen LogP contribution in [-0.4, -0.2) is 24.6 Å². The van der Waals surface area contributed by atoms with Crippen molar-refractivity contribution in [2.45, 2.75) is 6.54 Å². The third-order valence-corrected chi connectivity index (χ3v) is 2.32. The fourth-order valence-corrected chi connectivity index (χ4v) is 1.50. The Labute approximate surface area is 105 Å². The average molecular weight is 264 g/mol. The van der Waals surface area contributed by atoms with Gasteiger partial charge in [-0.15, -0.1) is 0 Å². The molecule has 1 aromatic heterocycles. The number of aromatic nitrogens is 3. The van der Waals surface area contributed by atoms with Gasteiger partial charge in [0.05, 0.1) is 11.5 Å². The monoisotopic (exact) mass is 264 g/mol. The van der Waals surface area contributed by atoms with Crippen LogP contribution in [0.4, 0.5) is 17.3 Å². The zero-order valence-electron chi connectivity index (χ0n) is 9.46. The third-order valence-electron chi connectivity index (χ3n) is 2.32. The standard InChI is InChI=1S/C9H8N6O4/c10-7-3-6(1-2-8(7)14(16)17)4-13-5-11-9(12-13)15(18)19/h1-3,5H,4,10H2. The number of hydrogen-bond acceptors (Lipinski definition) is 7. The van der Waals surface area contributed by atoms with Gasteiger partial charge in [-0.3, -0.25) is 10.1 Å². The van der Waals surface area contributed by atoms with E-state index in [9.17, 15) is 20.2 Å². The normalized spacial score (nSPS) is 10.3. The molecule has 2 N–H and O–H groups in total. The number of nitrogens with two attached hydrogens (primary N) is 1. The molecule has 0 aliphatic carbocycles. The summed E-state index contributed by atoms with van der Waals surface area (Å²) in [7, 11) is 0. The number of nitro groups is 2. The molecule has 0 amide bonds. The first-order chi connectivity index (χ1) is 8.97. The van der Waals surface area contributed by atoms with Crippen molar-refractivity contribution < 1.29 is 9.85 Å². The van der Waals surface area contributed by atoms with Gasteiger partial charge in [0, 0.05) is 11.2 Å². The van der Waals surface area contributed by atoms with Crippen LogP contribution in [0.5, 0.6) is 0 Å². The number of anilines is 1. The summed E-state index contributed by atoms with van der Waals surface area (Å²) in [6.45, 7) is 0.184. The van der Waals surface area contributed by atoms with Gasteiger partial charge in [-0.1, -0.05) is 11.1 Å². The maximum absolute atomic E-state index is 10.6. The molecule has 0 radical (unpaired) electrons. The molecular formula is C9H8N6O4. The molecule has 0 saturated carbocycles. The number of nitrogens with zero attached hydrogens (tertiary/aromatic N) is 5. The van der Waals surface area contributed by atoms with E-state index in [4.69, 9.17) is 5.73 Å². The molecule has 1 aromatic carbocycles. The Morgan fingerprint density at radius 3 is 2.53 bits per heavy atom. The van der Waals surface area contributed by atoms with Crippen molar-refractivity contribution in [3.8, 4) is 0 Å². The van der Waals surface area contributed by atoms with E-state index >= 15 is 0 Å². The van der Waals surface area contributed by atoms with Crippen LogP contribution in [-0.2, 0) is 6.54 Å². The van der Waals surface area contributed by atoms with E-state index in [1.807, 2.05) is 0 Å². The van der Waals surface area contributed by atoms with Gasteiger partial charge in [0.2, 0.25) is 6.33 Å². The summed E-state index contributed by atoms with van der Waals surface area (Å²) in [5, 5.41) is 24.6. The van der Waals surface area contributed by atoms with Gasteiger partial charge in [0.15, 0.2) is 0 Å². The van der Waals surface area contributed by atoms with Crippen LogP contribution < -0.4 is 5.73 Å². The van der Waals surface area contributed by atoms with Gasteiger partial charge in [-0.25, -0.2) is 0 Å². The topological polar surface area (TPSA) is 143 Å². The largest absolute Gasteiger partial charge is 0.490 e. The minimum absolute atomic E-state index is 0.0251. The molecule has 2 aromatic rings. The quantitative estimate of drug-likeness (QED) is 0.486. The highest BCUT2D eigenvalue weighted by atomic mass is 16.6. The van der Waals surface area contributed by atoms with Crippen LogP contribution in [0.3, 0.4) is 0 Å². The first kappa shape index (κ1) is 12.4. The maximum atomic E-state index is 10.6. The summed E-state index contributed by atoms with van der Waals surface area (Å²) in [4.78, 5) is 23.2. The molecule has 19 heavy (non-hydrogen) atoms. The summed E-state index contributed by atoms with van der Waals surface area (Å²) < 4.78 is 1.25. The van der Waals surface area contributed by atoms with Crippen LogP contribution in [0.25, 0.3) is 0 Å². The summed E-state index contributed by atoms with van der Waals surface area (Å²) in [5.74, 6) is -0.505.